The molecule has 4 N–H and O–H groups in total. The van der Waals surface area contributed by atoms with Gasteiger partial charge in [0.1, 0.15) is 5.56 Å². The molecule has 0 aliphatic rings. The molecule has 0 saturated carbocycles. The van der Waals surface area contributed by atoms with Crippen LogP contribution in [0.15, 0.2) is 170 Å². The molecular formula is C44H34N4+2. The zero-order valence-corrected chi connectivity index (χ0v) is 26.4. The van der Waals surface area contributed by atoms with Gasteiger partial charge in [0, 0.05) is 5.56 Å². The van der Waals surface area contributed by atoms with E-state index in [1.54, 1.807) is 0 Å². The molecular weight excluding hydrogens is 585 g/mol. The number of rotatable bonds is 7. The van der Waals surface area contributed by atoms with Gasteiger partial charge in [0.25, 0.3) is 5.84 Å². The fraction of sp³-hybridized carbons (Fsp3) is 0.0227. The van der Waals surface area contributed by atoms with Crippen molar-refractivity contribution < 1.29 is 9.98 Å². The number of nitrogens with one attached hydrogen (secondary N) is 2. The van der Waals surface area contributed by atoms with Crippen LogP contribution in [-0.2, 0) is 6.54 Å². The molecule has 7 aromatic rings. The first-order valence-electron chi connectivity index (χ1n) is 16.0. The summed E-state index contributed by atoms with van der Waals surface area (Å²) in [7, 11) is 0. The van der Waals surface area contributed by atoms with E-state index in [1.165, 1.54) is 27.5 Å². The quantitative estimate of drug-likeness (QED) is 0.146. The lowest BCUT2D eigenvalue weighted by Gasteiger charge is -2.13. The normalized spacial score (nSPS) is 11.7. The summed E-state index contributed by atoms with van der Waals surface area (Å²) in [6, 6.07) is 60.5. The Labute approximate surface area is 280 Å². The Morgan fingerprint density at radius 1 is 0.521 bits per heavy atom. The van der Waals surface area contributed by atoms with Crippen LogP contribution in [0.25, 0.3) is 44.2 Å². The summed E-state index contributed by atoms with van der Waals surface area (Å²) in [4.78, 5) is 6.98. The largest absolute Gasteiger partial charge is 0.444 e. The van der Waals surface area contributed by atoms with E-state index < -0.39 is 0 Å². The second-order valence-corrected chi connectivity index (χ2v) is 11.7. The smallest absolute Gasteiger partial charge is 0.345 e. The number of hydrogen-bond donors (Lipinski definition) is 3. The van der Waals surface area contributed by atoms with Gasteiger partial charge in [-0.25, -0.2) is 0 Å². The summed E-state index contributed by atoms with van der Waals surface area (Å²) in [5.41, 5.74) is 17.1. The minimum atomic E-state index is 0.592. The van der Waals surface area contributed by atoms with Crippen molar-refractivity contribution in [2.45, 2.75) is 6.54 Å². The minimum Gasteiger partial charge on any atom is -0.345 e. The highest BCUT2D eigenvalue weighted by Gasteiger charge is 2.18. The number of nitriles is 1. The predicted molar refractivity (Wildman–Crippen MR) is 196 cm³/mol. The lowest BCUT2D eigenvalue weighted by molar-refractivity contribution is -0.532. The minimum absolute atomic E-state index is 0.592. The highest BCUT2D eigenvalue weighted by molar-refractivity contribution is 6.05. The summed E-state index contributed by atoms with van der Waals surface area (Å²) in [6.45, 7) is 0.635. The summed E-state index contributed by atoms with van der Waals surface area (Å²) in [5.74, 6) is 1.44. The standard InChI is InChI=1S/C44H32N4/c45-29-32-10-9-15-38(28-32)33-22-24-35(25-23-33)40-27-26-39(41-16-7-8-17-42(40)41)34-20-18-31(19-21-34)30-47-44(37-13-5-2-6-14-37)48-43(46)36-11-3-1-4-12-36/h1-28H,30H2,(H2,46,47,48)/p+2. The first-order chi connectivity index (χ1) is 23.7. The van der Waals surface area contributed by atoms with Crippen LogP contribution in [0.1, 0.15) is 22.3 Å². The van der Waals surface area contributed by atoms with Gasteiger partial charge in [0.05, 0.1) is 17.2 Å². The number of nitrogens with two attached hydrogens (primary N) is 1. The van der Waals surface area contributed by atoms with E-state index >= 15 is 0 Å². The van der Waals surface area contributed by atoms with E-state index in [9.17, 15) is 5.26 Å². The maximum Gasteiger partial charge on any atom is 0.444 e. The predicted octanol–water partition coefficient (Wildman–Crippen LogP) is 6.23. The van der Waals surface area contributed by atoms with Crippen molar-refractivity contribution >= 4 is 22.4 Å². The van der Waals surface area contributed by atoms with E-state index in [2.05, 4.69) is 113 Å². The van der Waals surface area contributed by atoms with Crippen molar-refractivity contribution in [2.24, 2.45) is 5.73 Å². The third-order valence-electron chi connectivity index (χ3n) is 8.59. The Bertz CT molecular complexity index is 2300. The van der Waals surface area contributed by atoms with Gasteiger partial charge in [-0.15, -0.1) is 4.99 Å². The molecule has 0 fully saturated rings. The van der Waals surface area contributed by atoms with Crippen LogP contribution in [0.3, 0.4) is 0 Å². The van der Waals surface area contributed by atoms with Crippen molar-refractivity contribution in [1.82, 2.24) is 0 Å². The van der Waals surface area contributed by atoms with Crippen LogP contribution in [0.4, 0.5) is 0 Å². The second kappa shape index (κ2) is 13.8. The van der Waals surface area contributed by atoms with Gasteiger partial charge in [0.2, 0.25) is 0 Å². The molecule has 4 nitrogen and oxygen atoms in total. The molecule has 0 radical (unpaired) electrons. The lowest BCUT2D eigenvalue weighted by atomic mass is 9.91. The summed E-state index contributed by atoms with van der Waals surface area (Å²) in [6.07, 6.45) is 0. The van der Waals surface area contributed by atoms with Crippen LogP contribution in [0, 0.1) is 11.3 Å². The highest BCUT2D eigenvalue weighted by atomic mass is 15.0. The Hall–Kier alpha value is -6.57. The average molecular weight is 619 g/mol. The molecule has 0 spiro atoms. The molecule has 48 heavy (non-hydrogen) atoms. The van der Waals surface area contributed by atoms with Gasteiger partial charge >= 0.3 is 5.84 Å². The van der Waals surface area contributed by atoms with E-state index in [1.807, 2.05) is 72.8 Å². The maximum absolute atomic E-state index is 9.30. The van der Waals surface area contributed by atoms with Gasteiger partial charge in [-0.1, -0.05) is 133 Å². The van der Waals surface area contributed by atoms with Crippen molar-refractivity contribution in [3.05, 3.63) is 192 Å². The van der Waals surface area contributed by atoms with Crippen LogP contribution in [-0.4, -0.2) is 11.7 Å². The first kappa shape index (κ1) is 30.1. The van der Waals surface area contributed by atoms with Gasteiger partial charge in [0.15, 0.2) is 6.54 Å². The number of nitrogen functional groups attached to an aromatic ring is 1. The molecule has 7 rings (SSSR count). The topological polar surface area (TPSA) is 77.8 Å². The monoisotopic (exact) mass is 618 g/mol. The van der Waals surface area contributed by atoms with Gasteiger partial charge in [-0.05, 0) is 80.6 Å². The summed E-state index contributed by atoms with van der Waals surface area (Å²) < 4.78 is 0. The number of nitrogens with zero attached hydrogens (tertiary/aromatic N) is 1. The van der Waals surface area contributed by atoms with E-state index in [-0.39, 0.29) is 0 Å². The molecule has 0 saturated heterocycles. The molecule has 0 amide bonds. The average Bonchev–Trinajstić information content (AvgIpc) is 3.17. The Balaban J connectivity index is 1.16. The third-order valence-corrected chi connectivity index (χ3v) is 8.59. The van der Waals surface area contributed by atoms with E-state index in [0.29, 0.717) is 17.9 Å². The highest BCUT2D eigenvalue weighted by Crippen LogP contribution is 2.36. The van der Waals surface area contributed by atoms with Gasteiger partial charge < -0.3 is 5.73 Å². The van der Waals surface area contributed by atoms with Crippen LogP contribution in [0.5, 0.6) is 0 Å². The fourth-order valence-electron chi connectivity index (χ4n) is 6.05. The van der Waals surface area contributed by atoms with Crippen molar-refractivity contribution in [2.75, 3.05) is 0 Å². The third kappa shape index (κ3) is 6.53. The summed E-state index contributed by atoms with van der Waals surface area (Å²) in [5, 5.41) is 11.7. The SMILES string of the molecule is N#Cc1cccc(-c2ccc(-c3ccc(-c4ccc(C[NH+]=C([NH+]=C(N)c5ccccc5)c5ccccc5)cc4)c4ccccc34)cc2)c1. The Kier molecular flexibility index (Phi) is 8.67. The second-order valence-electron chi connectivity index (χ2n) is 11.7. The number of amidine groups is 2. The van der Waals surface area contributed by atoms with Crippen molar-refractivity contribution in [3.63, 3.8) is 0 Å². The molecule has 0 unspecified atom stereocenters. The zero-order chi connectivity index (χ0) is 32.7. The van der Waals surface area contributed by atoms with E-state index in [0.717, 1.165) is 39.2 Å². The Morgan fingerprint density at radius 3 is 1.67 bits per heavy atom. The molecule has 4 heteroatoms. The summed E-state index contributed by atoms with van der Waals surface area (Å²) >= 11 is 0. The zero-order valence-electron chi connectivity index (χ0n) is 26.4. The van der Waals surface area contributed by atoms with Gasteiger partial charge in [-0.2, -0.15) is 10.3 Å². The molecule has 228 valence electrons. The molecule has 0 aliphatic heterocycles. The van der Waals surface area contributed by atoms with Crippen LogP contribution < -0.4 is 15.7 Å². The molecule has 0 bridgehead atoms. The molecule has 7 aromatic carbocycles. The number of fused-ring (bicyclic) bond motifs is 1. The van der Waals surface area contributed by atoms with Crippen molar-refractivity contribution in [1.29, 1.82) is 5.26 Å². The maximum atomic E-state index is 9.30. The Morgan fingerprint density at radius 2 is 1.06 bits per heavy atom. The molecule has 0 atom stereocenters. The molecule has 0 aliphatic carbocycles. The van der Waals surface area contributed by atoms with E-state index in [4.69, 9.17) is 5.73 Å². The van der Waals surface area contributed by atoms with Crippen LogP contribution in [0.2, 0.25) is 0 Å². The molecule has 0 aromatic heterocycles. The number of hydrogen-bond acceptors (Lipinski definition) is 1. The van der Waals surface area contributed by atoms with Crippen molar-refractivity contribution in [3.8, 4) is 39.4 Å². The number of benzene rings is 7. The first-order valence-corrected chi connectivity index (χ1v) is 16.0. The lowest BCUT2D eigenvalue weighted by Crippen LogP contribution is -2.94. The molecule has 0 heterocycles. The fourth-order valence-corrected chi connectivity index (χ4v) is 6.05. The van der Waals surface area contributed by atoms with Crippen LogP contribution >= 0.6 is 0 Å². The van der Waals surface area contributed by atoms with Gasteiger partial charge in [-0.3, -0.25) is 0 Å².